The van der Waals surface area contributed by atoms with Gasteiger partial charge in [0.2, 0.25) is 11.8 Å². The third-order valence-corrected chi connectivity index (χ3v) is 6.32. The molecule has 3 aromatic rings. The van der Waals surface area contributed by atoms with Crippen LogP contribution < -0.4 is 10.6 Å². The number of hydrogen-bond acceptors (Lipinski definition) is 3. The van der Waals surface area contributed by atoms with Gasteiger partial charge in [-0.3, -0.25) is 14.5 Å². The van der Waals surface area contributed by atoms with E-state index in [0.717, 1.165) is 40.9 Å². The van der Waals surface area contributed by atoms with Crippen LogP contribution in [0.3, 0.4) is 0 Å². The second-order valence-corrected chi connectivity index (χ2v) is 8.79. The molecular formula is C28H31N3O2. The largest absolute Gasteiger partial charge is 0.326 e. The van der Waals surface area contributed by atoms with Gasteiger partial charge in [-0.2, -0.15) is 0 Å². The van der Waals surface area contributed by atoms with Crippen LogP contribution in [0.4, 0.5) is 11.4 Å². The van der Waals surface area contributed by atoms with Crippen molar-refractivity contribution in [1.82, 2.24) is 4.90 Å². The normalized spacial score (nSPS) is 15.6. The number of anilines is 2. The Balaban J connectivity index is 1.46. The molecule has 0 radical (unpaired) electrons. The van der Waals surface area contributed by atoms with E-state index in [1.165, 1.54) is 0 Å². The molecule has 2 amide bonds. The van der Waals surface area contributed by atoms with Gasteiger partial charge in [-0.25, -0.2) is 0 Å². The molecular weight excluding hydrogens is 410 g/mol. The van der Waals surface area contributed by atoms with Gasteiger partial charge in [0.15, 0.2) is 0 Å². The molecule has 4 rings (SSSR count). The van der Waals surface area contributed by atoms with E-state index in [0.29, 0.717) is 13.1 Å². The minimum atomic E-state index is -0.399. The first-order valence-electron chi connectivity index (χ1n) is 11.5. The summed E-state index contributed by atoms with van der Waals surface area (Å²) in [5.74, 6) is -0.0426. The number of hydrogen-bond donors (Lipinski definition) is 2. The van der Waals surface area contributed by atoms with Crippen LogP contribution in [-0.2, 0) is 9.59 Å². The Labute approximate surface area is 195 Å². The van der Waals surface area contributed by atoms with E-state index >= 15 is 0 Å². The quantitative estimate of drug-likeness (QED) is 0.543. The number of para-hydroxylation sites is 1. The number of likely N-dealkylation sites (tertiary alicyclic amines) is 1. The average Bonchev–Trinajstić information content (AvgIpc) is 2.83. The van der Waals surface area contributed by atoms with Gasteiger partial charge in [-0.05, 0) is 74.7 Å². The molecule has 2 N–H and O–H groups in total. The minimum absolute atomic E-state index is 0.0397. The SMILES string of the molecule is Cc1ccc(C)c(NC(=O)C(c2ccccc2)N2CCC(C(=O)Nc3ccccc3)CC2)c1. The maximum absolute atomic E-state index is 13.5. The molecule has 1 unspecified atom stereocenters. The summed E-state index contributed by atoms with van der Waals surface area (Å²) < 4.78 is 0. The van der Waals surface area contributed by atoms with Gasteiger partial charge in [0.25, 0.3) is 0 Å². The standard InChI is InChI=1S/C28H31N3O2/c1-20-13-14-21(2)25(19-20)30-28(33)26(22-9-5-3-6-10-22)31-17-15-23(16-18-31)27(32)29-24-11-7-4-8-12-24/h3-14,19,23,26H,15-18H2,1-2H3,(H,29,32)(H,30,33). The van der Waals surface area contributed by atoms with E-state index in [-0.39, 0.29) is 17.7 Å². The summed E-state index contributed by atoms with van der Waals surface area (Å²) in [5, 5.41) is 6.17. The molecule has 1 saturated heterocycles. The molecule has 1 aliphatic rings. The van der Waals surface area contributed by atoms with E-state index in [4.69, 9.17) is 0 Å². The summed E-state index contributed by atoms with van der Waals surface area (Å²) in [5.41, 5.74) is 4.78. The first-order chi connectivity index (χ1) is 16.0. The molecule has 1 atom stereocenters. The zero-order chi connectivity index (χ0) is 23.2. The molecule has 5 heteroatoms. The van der Waals surface area contributed by atoms with Gasteiger partial charge in [-0.1, -0.05) is 60.7 Å². The lowest BCUT2D eigenvalue weighted by molar-refractivity contribution is -0.124. The highest BCUT2D eigenvalue weighted by atomic mass is 16.2. The summed E-state index contributed by atoms with van der Waals surface area (Å²) >= 11 is 0. The van der Waals surface area contributed by atoms with E-state index in [1.807, 2.05) is 92.7 Å². The fourth-order valence-corrected chi connectivity index (χ4v) is 4.42. The van der Waals surface area contributed by atoms with Crippen LogP contribution in [0.25, 0.3) is 0 Å². The monoisotopic (exact) mass is 441 g/mol. The van der Waals surface area contributed by atoms with Crippen molar-refractivity contribution < 1.29 is 9.59 Å². The average molecular weight is 442 g/mol. The molecule has 0 bridgehead atoms. The molecule has 170 valence electrons. The molecule has 33 heavy (non-hydrogen) atoms. The van der Waals surface area contributed by atoms with Crippen LogP contribution in [-0.4, -0.2) is 29.8 Å². The van der Waals surface area contributed by atoms with Crippen LogP contribution in [0.2, 0.25) is 0 Å². The Hall–Kier alpha value is -3.44. The minimum Gasteiger partial charge on any atom is -0.326 e. The summed E-state index contributed by atoms with van der Waals surface area (Å²) in [7, 11) is 0. The van der Waals surface area contributed by atoms with Crippen molar-refractivity contribution in [3.05, 3.63) is 95.6 Å². The predicted molar refractivity (Wildman–Crippen MR) is 133 cm³/mol. The number of carbonyl (C=O) groups excluding carboxylic acids is 2. The van der Waals surface area contributed by atoms with Gasteiger partial charge >= 0.3 is 0 Å². The van der Waals surface area contributed by atoms with Crippen molar-refractivity contribution in [2.24, 2.45) is 5.92 Å². The number of aryl methyl sites for hydroxylation is 2. The highest BCUT2D eigenvalue weighted by molar-refractivity contribution is 5.96. The molecule has 1 heterocycles. The third kappa shape index (κ3) is 5.68. The van der Waals surface area contributed by atoms with Crippen LogP contribution in [0.15, 0.2) is 78.9 Å². The van der Waals surface area contributed by atoms with Crippen LogP contribution in [0, 0.1) is 19.8 Å². The number of nitrogens with zero attached hydrogens (tertiary/aromatic N) is 1. The zero-order valence-electron chi connectivity index (χ0n) is 19.3. The Morgan fingerprint density at radius 1 is 0.848 bits per heavy atom. The zero-order valence-corrected chi connectivity index (χ0v) is 19.3. The van der Waals surface area contributed by atoms with Crippen molar-refractivity contribution in [1.29, 1.82) is 0 Å². The molecule has 1 fully saturated rings. The smallest absolute Gasteiger partial charge is 0.246 e. The third-order valence-electron chi connectivity index (χ3n) is 6.32. The van der Waals surface area contributed by atoms with E-state index in [2.05, 4.69) is 15.5 Å². The van der Waals surface area contributed by atoms with E-state index in [1.54, 1.807) is 0 Å². The van der Waals surface area contributed by atoms with E-state index in [9.17, 15) is 9.59 Å². The number of piperidine rings is 1. The number of amides is 2. The maximum atomic E-state index is 13.5. The van der Waals surface area contributed by atoms with E-state index < -0.39 is 6.04 Å². The van der Waals surface area contributed by atoms with Crippen LogP contribution in [0.1, 0.15) is 35.6 Å². The molecule has 0 spiro atoms. The summed E-state index contributed by atoms with van der Waals surface area (Å²) in [6.45, 7) is 5.40. The Morgan fingerprint density at radius 2 is 1.48 bits per heavy atom. The number of nitrogens with one attached hydrogen (secondary N) is 2. The summed E-state index contributed by atoms with van der Waals surface area (Å²) in [4.78, 5) is 28.4. The number of benzene rings is 3. The van der Waals surface area contributed by atoms with Crippen molar-refractivity contribution in [3.63, 3.8) is 0 Å². The number of carbonyl (C=O) groups is 2. The molecule has 0 aromatic heterocycles. The molecule has 0 saturated carbocycles. The second kappa shape index (κ2) is 10.5. The fourth-order valence-electron chi connectivity index (χ4n) is 4.42. The topological polar surface area (TPSA) is 61.4 Å². The predicted octanol–water partition coefficient (Wildman–Crippen LogP) is 5.33. The number of rotatable bonds is 6. The lowest BCUT2D eigenvalue weighted by Crippen LogP contribution is -2.44. The molecule has 3 aromatic carbocycles. The summed E-state index contributed by atoms with van der Waals surface area (Å²) in [6, 6.07) is 25.1. The van der Waals surface area contributed by atoms with Crippen molar-refractivity contribution in [2.45, 2.75) is 32.7 Å². The van der Waals surface area contributed by atoms with Crippen molar-refractivity contribution >= 4 is 23.2 Å². The van der Waals surface area contributed by atoms with Gasteiger partial charge in [0.1, 0.15) is 6.04 Å². The fraction of sp³-hybridized carbons (Fsp3) is 0.286. The van der Waals surface area contributed by atoms with Gasteiger partial charge < -0.3 is 10.6 Å². The van der Waals surface area contributed by atoms with Gasteiger partial charge in [0, 0.05) is 17.3 Å². The lowest BCUT2D eigenvalue weighted by Gasteiger charge is -2.36. The Kier molecular flexibility index (Phi) is 7.20. The van der Waals surface area contributed by atoms with Crippen LogP contribution in [0.5, 0.6) is 0 Å². The van der Waals surface area contributed by atoms with Gasteiger partial charge in [-0.15, -0.1) is 0 Å². The van der Waals surface area contributed by atoms with Gasteiger partial charge in [0.05, 0.1) is 0 Å². The molecule has 5 nitrogen and oxygen atoms in total. The second-order valence-electron chi connectivity index (χ2n) is 8.79. The van der Waals surface area contributed by atoms with Crippen LogP contribution >= 0.6 is 0 Å². The first-order valence-corrected chi connectivity index (χ1v) is 11.5. The lowest BCUT2D eigenvalue weighted by atomic mass is 9.93. The highest BCUT2D eigenvalue weighted by Gasteiger charge is 2.33. The maximum Gasteiger partial charge on any atom is 0.246 e. The molecule has 0 aliphatic carbocycles. The Morgan fingerprint density at radius 3 is 2.15 bits per heavy atom. The highest BCUT2D eigenvalue weighted by Crippen LogP contribution is 2.29. The molecule has 1 aliphatic heterocycles. The first kappa shape index (κ1) is 22.7. The van der Waals surface area contributed by atoms with Crippen molar-refractivity contribution in [3.8, 4) is 0 Å². The summed E-state index contributed by atoms with van der Waals surface area (Å²) in [6.07, 6.45) is 1.44. The van der Waals surface area contributed by atoms with Crippen molar-refractivity contribution in [2.75, 3.05) is 23.7 Å². The Bertz CT molecular complexity index is 1090.